The number of likely N-dealkylation sites (tertiary alicyclic amines) is 1. The summed E-state index contributed by atoms with van der Waals surface area (Å²) in [5.41, 5.74) is 2.45. The number of aromatic nitrogens is 4. The summed E-state index contributed by atoms with van der Waals surface area (Å²) in [7, 11) is 6.81. The average Bonchev–Trinajstić information content (AvgIpc) is 3.21. The van der Waals surface area contributed by atoms with Crippen LogP contribution in [0.4, 0.5) is 11.6 Å². The molecular formula is C24H31N7O3. The molecule has 0 spiro atoms. The predicted molar refractivity (Wildman–Crippen MR) is 130 cm³/mol. The fourth-order valence-corrected chi connectivity index (χ4v) is 3.80. The molecule has 34 heavy (non-hydrogen) atoms. The Kier molecular flexibility index (Phi) is 6.97. The minimum absolute atomic E-state index is 0.0647. The van der Waals surface area contributed by atoms with E-state index in [1.807, 2.05) is 19.2 Å². The summed E-state index contributed by atoms with van der Waals surface area (Å²) >= 11 is 0. The van der Waals surface area contributed by atoms with Gasteiger partial charge < -0.3 is 24.6 Å². The molecule has 0 saturated carbocycles. The number of hydrogen-bond donors (Lipinski definition) is 1. The van der Waals surface area contributed by atoms with Gasteiger partial charge in [-0.3, -0.25) is 9.48 Å². The Morgan fingerprint density at radius 3 is 2.47 bits per heavy atom. The van der Waals surface area contributed by atoms with Crippen LogP contribution in [0.5, 0.6) is 11.5 Å². The van der Waals surface area contributed by atoms with Crippen molar-refractivity contribution in [3.63, 3.8) is 0 Å². The molecule has 1 aliphatic rings. The van der Waals surface area contributed by atoms with Crippen molar-refractivity contribution in [3.05, 3.63) is 42.2 Å². The van der Waals surface area contributed by atoms with E-state index in [4.69, 9.17) is 9.47 Å². The molecule has 2 aromatic heterocycles. The molecule has 1 saturated heterocycles. The first-order valence-electron chi connectivity index (χ1n) is 11.2. The van der Waals surface area contributed by atoms with Crippen molar-refractivity contribution >= 4 is 17.5 Å². The second kappa shape index (κ2) is 10.1. The Hall–Kier alpha value is -3.66. The molecule has 1 atom stereocenters. The molecule has 1 aliphatic heterocycles. The molecule has 0 bridgehead atoms. The maximum atomic E-state index is 13.1. The lowest BCUT2D eigenvalue weighted by Gasteiger charge is -2.36. The summed E-state index contributed by atoms with van der Waals surface area (Å²) in [6, 6.07) is 9.09. The first-order valence-corrected chi connectivity index (χ1v) is 11.2. The predicted octanol–water partition coefficient (Wildman–Crippen LogP) is 2.80. The van der Waals surface area contributed by atoms with E-state index in [1.165, 1.54) is 6.42 Å². The number of anilines is 2. The molecule has 10 heteroatoms. The molecule has 1 N–H and O–H groups in total. The van der Waals surface area contributed by atoms with E-state index in [9.17, 15) is 4.79 Å². The third kappa shape index (κ3) is 5.12. The van der Waals surface area contributed by atoms with Gasteiger partial charge in [0, 0.05) is 56.8 Å². The van der Waals surface area contributed by atoms with Crippen LogP contribution in [-0.2, 0) is 7.05 Å². The van der Waals surface area contributed by atoms with Crippen LogP contribution in [0.1, 0.15) is 23.8 Å². The summed E-state index contributed by atoms with van der Waals surface area (Å²) in [6.45, 7) is 5.16. The molecule has 1 fully saturated rings. The number of ether oxygens (including phenoxy) is 2. The van der Waals surface area contributed by atoms with Crippen molar-refractivity contribution in [3.8, 4) is 22.9 Å². The number of rotatable bonds is 9. The minimum Gasteiger partial charge on any atom is -0.497 e. The number of carbonyl (C=O) groups is 1. The van der Waals surface area contributed by atoms with Gasteiger partial charge in [-0.1, -0.05) is 0 Å². The summed E-state index contributed by atoms with van der Waals surface area (Å²) in [5.74, 6) is 1.63. The van der Waals surface area contributed by atoms with Gasteiger partial charge in [0.25, 0.3) is 5.91 Å². The van der Waals surface area contributed by atoms with E-state index in [0.29, 0.717) is 34.5 Å². The van der Waals surface area contributed by atoms with Gasteiger partial charge in [0.1, 0.15) is 22.9 Å². The Morgan fingerprint density at radius 2 is 1.85 bits per heavy atom. The number of nitrogens with zero attached hydrogens (tertiary/aromatic N) is 6. The van der Waals surface area contributed by atoms with Crippen molar-refractivity contribution in [2.24, 2.45) is 7.05 Å². The Morgan fingerprint density at radius 1 is 1.15 bits per heavy atom. The van der Waals surface area contributed by atoms with Gasteiger partial charge in [0.05, 0.1) is 19.9 Å². The van der Waals surface area contributed by atoms with Crippen molar-refractivity contribution in [2.45, 2.75) is 19.4 Å². The molecule has 0 radical (unpaired) electrons. The van der Waals surface area contributed by atoms with E-state index < -0.39 is 0 Å². The van der Waals surface area contributed by atoms with Crippen LogP contribution >= 0.6 is 0 Å². The zero-order valence-electron chi connectivity index (χ0n) is 20.3. The SMILES string of the molecule is COc1cc(Nc2nccc(-c3cc(C(=O)N(C)[C@@H](C)CN4CCC4)n(C)n3)n2)cc(OC)c1. The number of aryl methyl sites for hydroxylation is 1. The van der Waals surface area contributed by atoms with Crippen molar-refractivity contribution in [1.29, 1.82) is 0 Å². The number of methoxy groups -OCH3 is 2. The third-order valence-corrected chi connectivity index (χ3v) is 6.08. The monoisotopic (exact) mass is 465 g/mol. The van der Waals surface area contributed by atoms with Crippen molar-refractivity contribution < 1.29 is 14.3 Å². The van der Waals surface area contributed by atoms with Crippen molar-refractivity contribution in [2.75, 3.05) is 46.2 Å². The minimum atomic E-state index is -0.0647. The van der Waals surface area contributed by atoms with Gasteiger partial charge in [-0.2, -0.15) is 5.10 Å². The second-order valence-corrected chi connectivity index (χ2v) is 8.45. The normalized spacial score (nSPS) is 14.3. The highest BCUT2D eigenvalue weighted by Gasteiger charge is 2.25. The number of carbonyl (C=O) groups excluding carboxylic acids is 1. The van der Waals surface area contributed by atoms with Gasteiger partial charge in [0.15, 0.2) is 0 Å². The van der Waals surface area contributed by atoms with E-state index in [0.717, 1.165) is 25.3 Å². The molecule has 0 aliphatic carbocycles. The highest BCUT2D eigenvalue weighted by Crippen LogP contribution is 2.28. The lowest BCUT2D eigenvalue weighted by molar-refractivity contribution is 0.0654. The second-order valence-electron chi connectivity index (χ2n) is 8.45. The topological polar surface area (TPSA) is 97.6 Å². The zero-order valence-corrected chi connectivity index (χ0v) is 20.3. The number of likely N-dealkylation sites (N-methyl/N-ethyl adjacent to an activating group) is 1. The van der Waals surface area contributed by atoms with Crippen molar-refractivity contribution in [1.82, 2.24) is 29.5 Å². The summed E-state index contributed by atoms with van der Waals surface area (Å²) in [4.78, 5) is 26.2. The van der Waals surface area contributed by atoms with Gasteiger partial charge in [-0.05, 0) is 38.6 Å². The van der Waals surface area contributed by atoms with Crippen LogP contribution in [-0.4, -0.2) is 82.4 Å². The molecular weight excluding hydrogens is 434 g/mol. The molecule has 0 unspecified atom stereocenters. The zero-order chi connectivity index (χ0) is 24.2. The Balaban J connectivity index is 1.52. The van der Waals surface area contributed by atoms with E-state index in [2.05, 4.69) is 32.2 Å². The number of nitrogens with one attached hydrogen (secondary N) is 1. The summed E-state index contributed by atoms with van der Waals surface area (Å²) in [6.07, 6.45) is 2.89. The number of benzene rings is 1. The van der Waals surface area contributed by atoms with Gasteiger partial charge >= 0.3 is 0 Å². The number of hydrogen-bond acceptors (Lipinski definition) is 8. The van der Waals surface area contributed by atoms with Crippen LogP contribution in [0.2, 0.25) is 0 Å². The van der Waals surface area contributed by atoms with E-state index in [-0.39, 0.29) is 11.9 Å². The molecule has 1 amide bonds. The maximum absolute atomic E-state index is 13.1. The first kappa shape index (κ1) is 23.5. The van der Waals surface area contributed by atoms with Gasteiger partial charge in [0.2, 0.25) is 5.95 Å². The smallest absolute Gasteiger partial charge is 0.272 e. The lowest BCUT2D eigenvalue weighted by Crippen LogP contribution is -2.48. The van der Waals surface area contributed by atoms with Gasteiger partial charge in [-0.25, -0.2) is 9.97 Å². The van der Waals surface area contributed by atoms with E-state index >= 15 is 0 Å². The fraction of sp³-hybridized carbons (Fsp3) is 0.417. The summed E-state index contributed by atoms with van der Waals surface area (Å²) in [5, 5.41) is 7.71. The highest BCUT2D eigenvalue weighted by atomic mass is 16.5. The molecule has 180 valence electrons. The molecule has 4 rings (SSSR count). The van der Waals surface area contributed by atoms with Crippen LogP contribution in [0.25, 0.3) is 11.4 Å². The third-order valence-electron chi connectivity index (χ3n) is 6.08. The summed E-state index contributed by atoms with van der Waals surface area (Å²) < 4.78 is 12.2. The molecule has 3 heterocycles. The van der Waals surface area contributed by atoms with Crippen LogP contribution < -0.4 is 14.8 Å². The van der Waals surface area contributed by atoms with Crippen LogP contribution in [0.3, 0.4) is 0 Å². The highest BCUT2D eigenvalue weighted by molar-refractivity contribution is 5.93. The Labute approximate surface area is 199 Å². The molecule has 3 aromatic rings. The Bertz CT molecular complexity index is 1140. The van der Waals surface area contributed by atoms with Crippen LogP contribution in [0, 0.1) is 0 Å². The molecule has 1 aromatic carbocycles. The number of amides is 1. The maximum Gasteiger partial charge on any atom is 0.272 e. The molecule has 10 nitrogen and oxygen atoms in total. The standard InChI is InChI=1S/C24H31N7O3/c1-16(15-31-9-6-10-31)29(2)23(32)22-14-21(28-30(22)3)20-7-8-25-24(27-20)26-17-11-18(33-4)13-19(12-17)34-5/h7-8,11-14,16H,6,9-10,15H2,1-5H3,(H,25,26,27)/t16-/m0/s1. The fourth-order valence-electron chi connectivity index (χ4n) is 3.80. The van der Waals surface area contributed by atoms with Crippen LogP contribution in [0.15, 0.2) is 36.5 Å². The van der Waals surface area contributed by atoms with E-state index in [1.54, 1.807) is 55.2 Å². The first-order chi connectivity index (χ1) is 16.4. The average molecular weight is 466 g/mol. The lowest BCUT2D eigenvalue weighted by atomic mass is 10.1. The quantitative estimate of drug-likeness (QED) is 0.515. The largest absolute Gasteiger partial charge is 0.497 e. The van der Waals surface area contributed by atoms with Gasteiger partial charge in [-0.15, -0.1) is 0 Å².